The lowest BCUT2D eigenvalue weighted by atomic mass is 10.0. The van der Waals surface area contributed by atoms with Crippen molar-refractivity contribution in [3.05, 3.63) is 29.8 Å². The molecule has 3 rings (SSSR count). The summed E-state index contributed by atoms with van der Waals surface area (Å²) in [6, 6.07) is 7.84. The quantitative estimate of drug-likeness (QED) is 0.798. The maximum Gasteiger partial charge on any atom is 0.241 e. The van der Waals surface area contributed by atoms with Crippen LogP contribution in [-0.2, 0) is 9.59 Å². The Hall–Kier alpha value is -1.92. The second-order valence-electron chi connectivity index (χ2n) is 8.66. The summed E-state index contributed by atoms with van der Waals surface area (Å²) >= 11 is 0. The summed E-state index contributed by atoms with van der Waals surface area (Å²) in [5.41, 5.74) is 2.07. The molecule has 1 aromatic rings. The molecule has 6 nitrogen and oxygen atoms in total. The zero-order valence-electron chi connectivity index (χ0n) is 18.2. The largest absolute Gasteiger partial charge is 0.342 e. The number of amides is 2. The van der Waals surface area contributed by atoms with Crippen LogP contribution in [0.5, 0.6) is 0 Å². The van der Waals surface area contributed by atoms with Gasteiger partial charge in [0, 0.05) is 45.0 Å². The van der Waals surface area contributed by atoms with Gasteiger partial charge in [0.1, 0.15) is 0 Å². The first-order valence-corrected chi connectivity index (χ1v) is 11.1. The van der Waals surface area contributed by atoms with Gasteiger partial charge in [-0.05, 0) is 43.7 Å². The summed E-state index contributed by atoms with van der Waals surface area (Å²) in [5, 5.41) is 3.12. The van der Waals surface area contributed by atoms with Crippen LogP contribution in [0.25, 0.3) is 0 Å². The number of benzene rings is 1. The Morgan fingerprint density at radius 1 is 0.931 bits per heavy atom. The second kappa shape index (κ2) is 10.2. The smallest absolute Gasteiger partial charge is 0.241 e. The van der Waals surface area contributed by atoms with Crippen LogP contribution in [0.15, 0.2) is 24.3 Å². The molecule has 1 N–H and O–H groups in total. The monoisotopic (exact) mass is 400 g/mol. The number of piperidine rings is 1. The van der Waals surface area contributed by atoms with Gasteiger partial charge >= 0.3 is 0 Å². The molecular weight excluding hydrogens is 364 g/mol. The van der Waals surface area contributed by atoms with Gasteiger partial charge in [-0.15, -0.1) is 0 Å². The van der Waals surface area contributed by atoms with Gasteiger partial charge in [0.05, 0.1) is 12.6 Å². The lowest BCUT2D eigenvalue weighted by Gasteiger charge is -2.38. The van der Waals surface area contributed by atoms with Crippen molar-refractivity contribution in [1.29, 1.82) is 0 Å². The van der Waals surface area contributed by atoms with E-state index in [0.717, 1.165) is 63.4 Å². The Morgan fingerprint density at radius 3 is 2.24 bits per heavy atom. The van der Waals surface area contributed by atoms with Crippen LogP contribution in [0.2, 0.25) is 0 Å². The fourth-order valence-electron chi connectivity index (χ4n) is 4.26. The molecular formula is C23H36N4O2. The summed E-state index contributed by atoms with van der Waals surface area (Å²) in [6.07, 6.45) is 3.50. The predicted octanol–water partition coefficient (Wildman–Crippen LogP) is 2.77. The molecule has 0 aromatic heterocycles. The van der Waals surface area contributed by atoms with E-state index in [9.17, 15) is 9.59 Å². The number of nitrogens with one attached hydrogen (secondary N) is 1. The average molecular weight is 401 g/mol. The third kappa shape index (κ3) is 5.80. The summed E-state index contributed by atoms with van der Waals surface area (Å²) in [4.78, 5) is 31.8. The van der Waals surface area contributed by atoms with Gasteiger partial charge in [-0.3, -0.25) is 19.4 Å². The number of anilines is 1. The predicted molar refractivity (Wildman–Crippen MR) is 117 cm³/mol. The van der Waals surface area contributed by atoms with E-state index < -0.39 is 0 Å². The van der Waals surface area contributed by atoms with E-state index in [1.165, 1.54) is 6.42 Å². The van der Waals surface area contributed by atoms with Gasteiger partial charge in [0.15, 0.2) is 0 Å². The Balaban J connectivity index is 1.47. The lowest BCUT2D eigenvalue weighted by Crippen LogP contribution is -2.54. The molecule has 29 heavy (non-hydrogen) atoms. The molecule has 2 aliphatic rings. The van der Waals surface area contributed by atoms with Crippen molar-refractivity contribution in [2.24, 2.45) is 0 Å². The SMILES string of the molecule is CC(C)c1ccccc1NC(=O)[C@@H](C)N1CCN(CC(=O)N2CCCCC2)CC1. The number of carbonyl (C=O) groups is 2. The second-order valence-corrected chi connectivity index (χ2v) is 8.66. The summed E-state index contributed by atoms with van der Waals surface area (Å²) in [5.74, 6) is 0.660. The molecule has 0 bridgehead atoms. The number of rotatable bonds is 6. The van der Waals surface area contributed by atoms with Crippen molar-refractivity contribution in [2.75, 3.05) is 51.1 Å². The van der Waals surface area contributed by atoms with Gasteiger partial charge in [-0.2, -0.15) is 0 Å². The molecule has 1 aromatic carbocycles. The molecule has 2 heterocycles. The molecule has 2 saturated heterocycles. The number of carbonyl (C=O) groups excluding carboxylic acids is 2. The minimum absolute atomic E-state index is 0.0379. The van der Waals surface area contributed by atoms with Crippen molar-refractivity contribution < 1.29 is 9.59 Å². The van der Waals surface area contributed by atoms with Gasteiger partial charge in [-0.25, -0.2) is 0 Å². The molecule has 2 aliphatic heterocycles. The first kappa shape index (κ1) is 21.8. The van der Waals surface area contributed by atoms with Crippen LogP contribution in [0.3, 0.4) is 0 Å². The van der Waals surface area contributed by atoms with Crippen molar-refractivity contribution in [3.63, 3.8) is 0 Å². The Morgan fingerprint density at radius 2 is 1.59 bits per heavy atom. The number of para-hydroxylation sites is 1. The van der Waals surface area contributed by atoms with Crippen LogP contribution < -0.4 is 5.32 Å². The maximum absolute atomic E-state index is 12.8. The molecule has 160 valence electrons. The normalized spacial score (nSPS) is 19.9. The number of nitrogens with zero attached hydrogens (tertiary/aromatic N) is 3. The van der Waals surface area contributed by atoms with E-state index in [-0.39, 0.29) is 17.9 Å². The van der Waals surface area contributed by atoms with E-state index in [1.54, 1.807) is 0 Å². The highest BCUT2D eigenvalue weighted by Crippen LogP contribution is 2.24. The minimum atomic E-state index is -0.185. The van der Waals surface area contributed by atoms with Gasteiger partial charge in [0.2, 0.25) is 11.8 Å². The van der Waals surface area contributed by atoms with E-state index in [1.807, 2.05) is 30.0 Å². The maximum atomic E-state index is 12.8. The highest BCUT2D eigenvalue weighted by Gasteiger charge is 2.28. The molecule has 0 saturated carbocycles. The van der Waals surface area contributed by atoms with Crippen LogP contribution in [0.1, 0.15) is 51.5 Å². The number of likely N-dealkylation sites (tertiary alicyclic amines) is 1. The molecule has 0 unspecified atom stereocenters. The Labute approximate surface area is 175 Å². The average Bonchev–Trinajstić information content (AvgIpc) is 2.74. The van der Waals surface area contributed by atoms with Crippen LogP contribution in [-0.4, -0.2) is 78.4 Å². The van der Waals surface area contributed by atoms with Crippen LogP contribution in [0.4, 0.5) is 5.69 Å². The number of piperazine rings is 1. The third-order valence-corrected chi connectivity index (χ3v) is 6.24. The molecule has 2 amide bonds. The molecule has 2 fully saturated rings. The lowest BCUT2D eigenvalue weighted by molar-refractivity contribution is -0.134. The molecule has 6 heteroatoms. The molecule has 1 atom stereocenters. The number of hydrogen-bond donors (Lipinski definition) is 1. The third-order valence-electron chi connectivity index (χ3n) is 6.24. The fourth-order valence-corrected chi connectivity index (χ4v) is 4.26. The van der Waals surface area contributed by atoms with E-state index in [0.29, 0.717) is 12.5 Å². The Bertz CT molecular complexity index is 692. The zero-order valence-corrected chi connectivity index (χ0v) is 18.2. The fraction of sp³-hybridized carbons (Fsp3) is 0.652. The van der Waals surface area contributed by atoms with E-state index >= 15 is 0 Å². The summed E-state index contributed by atoms with van der Waals surface area (Å²) in [6.45, 7) is 11.9. The van der Waals surface area contributed by atoms with Crippen LogP contribution >= 0.6 is 0 Å². The van der Waals surface area contributed by atoms with Crippen molar-refractivity contribution in [1.82, 2.24) is 14.7 Å². The topological polar surface area (TPSA) is 55.9 Å². The van der Waals surface area contributed by atoms with Crippen molar-refractivity contribution in [2.45, 2.75) is 52.0 Å². The highest BCUT2D eigenvalue weighted by atomic mass is 16.2. The number of hydrogen-bond acceptors (Lipinski definition) is 4. The van der Waals surface area contributed by atoms with Gasteiger partial charge in [-0.1, -0.05) is 32.0 Å². The molecule has 0 spiro atoms. The first-order valence-electron chi connectivity index (χ1n) is 11.1. The minimum Gasteiger partial charge on any atom is -0.342 e. The van der Waals surface area contributed by atoms with E-state index in [4.69, 9.17) is 0 Å². The van der Waals surface area contributed by atoms with Crippen molar-refractivity contribution >= 4 is 17.5 Å². The van der Waals surface area contributed by atoms with Gasteiger partial charge < -0.3 is 10.2 Å². The highest BCUT2D eigenvalue weighted by molar-refractivity contribution is 5.95. The first-order chi connectivity index (χ1) is 14.0. The van der Waals surface area contributed by atoms with Gasteiger partial charge in [0.25, 0.3) is 0 Å². The molecule has 0 aliphatic carbocycles. The summed E-state index contributed by atoms with van der Waals surface area (Å²) in [7, 11) is 0. The zero-order chi connectivity index (χ0) is 20.8. The summed E-state index contributed by atoms with van der Waals surface area (Å²) < 4.78 is 0. The van der Waals surface area contributed by atoms with E-state index in [2.05, 4.69) is 35.0 Å². The van der Waals surface area contributed by atoms with Crippen LogP contribution in [0, 0.1) is 0 Å². The molecule has 0 radical (unpaired) electrons. The standard InChI is InChI=1S/C23H36N4O2/c1-18(2)20-9-5-6-10-21(20)24-23(29)19(3)26-15-13-25(14-16-26)17-22(28)27-11-7-4-8-12-27/h5-6,9-10,18-19H,4,7-8,11-17H2,1-3H3,(H,24,29)/t19-/m1/s1. The Kier molecular flexibility index (Phi) is 7.67. The van der Waals surface area contributed by atoms with Crippen molar-refractivity contribution in [3.8, 4) is 0 Å².